The second kappa shape index (κ2) is 12.7. The number of hydrogen-bond donors (Lipinski definition) is 2. The van der Waals surface area contributed by atoms with Crippen molar-refractivity contribution in [2.24, 2.45) is 0 Å². The van der Waals surface area contributed by atoms with E-state index in [1.807, 2.05) is 19.1 Å². The summed E-state index contributed by atoms with van der Waals surface area (Å²) in [5.74, 6) is -0.770. The topological polar surface area (TPSA) is 114 Å². The zero-order valence-electron chi connectivity index (χ0n) is 21.9. The van der Waals surface area contributed by atoms with Gasteiger partial charge in [0.25, 0.3) is 17.1 Å². The molecule has 3 aromatic carbocycles. The van der Waals surface area contributed by atoms with Gasteiger partial charge in [0.15, 0.2) is 18.1 Å². The molecule has 4 rings (SSSR count). The van der Waals surface area contributed by atoms with Crippen molar-refractivity contribution in [2.75, 3.05) is 30.9 Å². The Morgan fingerprint density at radius 1 is 0.950 bits per heavy atom. The van der Waals surface area contributed by atoms with Crippen LogP contribution in [0.5, 0.6) is 11.5 Å². The smallest absolute Gasteiger partial charge is 0.294 e. The number of thioether (sulfide) groups is 1. The summed E-state index contributed by atoms with van der Waals surface area (Å²) < 4.78 is 11.0. The van der Waals surface area contributed by atoms with Gasteiger partial charge in [-0.1, -0.05) is 41.4 Å². The predicted octanol–water partition coefficient (Wildman–Crippen LogP) is 5.66. The lowest BCUT2D eigenvalue weighted by Gasteiger charge is -2.14. The van der Waals surface area contributed by atoms with Crippen LogP contribution < -0.4 is 20.1 Å². The average molecular weight is 580 g/mol. The van der Waals surface area contributed by atoms with Crippen molar-refractivity contribution >= 4 is 63.8 Å². The van der Waals surface area contributed by atoms with Gasteiger partial charge < -0.3 is 20.1 Å². The van der Waals surface area contributed by atoms with Gasteiger partial charge in [-0.15, -0.1) is 0 Å². The molecule has 0 bridgehead atoms. The van der Waals surface area contributed by atoms with Gasteiger partial charge in [0.2, 0.25) is 5.91 Å². The van der Waals surface area contributed by atoms with E-state index in [-0.39, 0.29) is 17.4 Å². The van der Waals surface area contributed by atoms with Gasteiger partial charge >= 0.3 is 0 Å². The van der Waals surface area contributed by atoms with E-state index in [4.69, 9.17) is 21.1 Å². The molecule has 1 aliphatic rings. The third kappa shape index (κ3) is 7.22. The number of rotatable bonds is 9. The molecule has 206 valence electrons. The van der Waals surface area contributed by atoms with E-state index in [2.05, 4.69) is 10.6 Å². The summed E-state index contributed by atoms with van der Waals surface area (Å²) in [5, 5.41) is 5.34. The number of carbonyl (C=O) groups excluding carboxylic acids is 4. The van der Waals surface area contributed by atoms with Gasteiger partial charge in [0, 0.05) is 16.4 Å². The molecule has 0 atom stereocenters. The minimum Gasteiger partial charge on any atom is -0.493 e. The highest BCUT2D eigenvalue weighted by atomic mass is 35.5. The molecule has 2 N–H and O–H groups in total. The minimum atomic E-state index is -0.583. The van der Waals surface area contributed by atoms with Gasteiger partial charge in [0.05, 0.1) is 12.0 Å². The molecule has 0 unspecified atom stereocenters. The first-order valence-corrected chi connectivity index (χ1v) is 13.3. The number of imide groups is 1. The SMILES string of the molecule is COc1cc(/C=C2/SC(=O)N(CC(=O)Nc3cc(Cl)ccc3C)C2=O)ccc1OCC(=O)Nc1ccc(C)cc1. The van der Waals surface area contributed by atoms with Crippen molar-refractivity contribution in [3.63, 3.8) is 0 Å². The van der Waals surface area contributed by atoms with Gasteiger partial charge in [-0.3, -0.25) is 24.1 Å². The van der Waals surface area contributed by atoms with E-state index in [0.717, 1.165) is 27.8 Å². The number of halogens is 1. The Labute approximate surface area is 240 Å². The number of amides is 4. The number of ether oxygens (including phenoxy) is 2. The normalized spacial score (nSPS) is 13.9. The molecule has 1 saturated heterocycles. The molecule has 0 radical (unpaired) electrons. The van der Waals surface area contributed by atoms with Crippen LogP contribution in [0.1, 0.15) is 16.7 Å². The number of aryl methyl sites for hydroxylation is 2. The number of methoxy groups -OCH3 is 1. The standard InChI is InChI=1S/C29H26ClN3O6S/c1-17-4-9-21(10-5-17)31-27(35)16-39-23-11-7-19(12-24(23)38-3)13-25-28(36)33(29(37)40-25)15-26(34)32-22-14-20(30)8-6-18(22)2/h4-14H,15-16H2,1-3H3,(H,31,35)(H,32,34)/b25-13+. The van der Waals surface area contributed by atoms with Crippen LogP contribution in [0.4, 0.5) is 16.2 Å². The zero-order valence-corrected chi connectivity index (χ0v) is 23.5. The van der Waals surface area contributed by atoms with Crippen molar-refractivity contribution < 1.29 is 28.7 Å². The van der Waals surface area contributed by atoms with Crippen LogP contribution in [-0.4, -0.2) is 48.1 Å². The summed E-state index contributed by atoms with van der Waals surface area (Å²) in [4.78, 5) is 51.3. The van der Waals surface area contributed by atoms with E-state index >= 15 is 0 Å². The monoisotopic (exact) mass is 579 g/mol. The molecular weight excluding hydrogens is 554 g/mol. The highest BCUT2D eigenvalue weighted by Gasteiger charge is 2.36. The third-order valence-corrected chi connectivity index (χ3v) is 6.97. The number of hydrogen-bond acceptors (Lipinski definition) is 7. The average Bonchev–Trinajstić information content (AvgIpc) is 3.18. The second-order valence-corrected chi connectivity index (χ2v) is 10.3. The molecule has 11 heteroatoms. The fourth-order valence-corrected chi connectivity index (χ4v) is 4.73. The maximum Gasteiger partial charge on any atom is 0.294 e. The molecule has 3 aromatic rings. The van der Waals surface area contributed by atoms with Gasteiger partial charge in [-0.05, 0) is 79.2 Å². The van der Waals surface area contributed by atoms with E-state index in [9.17, 15) is 19.2 Å². The summed E-state index contributed by atoms with van der Waals surface area (Å²) in [5.41, 5.74) is 3.60. The highest BCUT2D eigenvalue weighted by molar-refractivity contribution is 8.18. The van der Waals surface area contributed by atoms with E-state index < -0.39 is 23.6 Å². The summed E-state index contributed by atoms with van der Waals surface area (Å²) in [6.45, 7) is 3.09. The Kier molecular flexibility index (Phi) is 9.13. The molecule has 9 nitrogen and oxygen atoms in total. The highest BCUT2D eigenvalue weighted by Crippen LogP contribution is 2.34. The molecule has 0 aliphatic carbocycles. The number of nitrogens with one attached hydrogen (secondary N) is 2. The summed E-state index contributed by atoms with van der Waals surface area (Å²) in [6, 6.07) is 17.3. The van der Waals surface area contributed by atoms with Gasteiger partial charge in [0.1, 0.15) is 6.54 Å². The van der Waals surface area contributed by atoms with Crippen LogP contribution >= 0.6 is 23.4 Å². The Hall–Kier alpha value is -4.28. The molecule has 0 aromatic heterocycles. The third-order valence-electron chi connectivity index (χ3n) is 5.83. The van der Waals surface area contributed by atoms with Crippen molar-refractivity contribution in [3.8, 4) is 11.5 Å². The van der Waals surface area contributed by atoms with Crippen LogP contribution in [0.15, 0.2) is 65.6 Å². The maximum atomic E-state index is 12.9. The molecule has 0 spiro atoms. The maximum absolute atomic E-state index is 12.9. The van der Waals surface area contributed by atoms with Crippen molar-refractivity contribution in [1.29, 1.82) is 0 Å². The molecule has 0 saturated carbocycles. The van der Waals surface area contributed by atoms with Crippen molar-refractivity contribution in [2.45, 2.75) is 13.8 Å². The summed E-state index contributed by atoms with van der Waals surface area (Å²) in [6.07, 6.45) is 1.53. The first-order valence-electron chi connectivity index (χ1n) is 12.1. The number of carbonyl (C=O) groups is 4. The summed E-state index contributed by atoms with van der Waals surface area (Å²) >= 11 is 6.73. The molecule has 1 heterocycles. The van der Waals surface area contributed by atoms with Crippen LogP contribution in [0.3, 0.4) is 0 Å². The minimum absolute atomic E-state index is 0.157. The first-order chi connectivity index (χ1) is 19.1. The van der Waals surface area contributed by atoms with Crippen molar-refractivity contribution in [1.82, 2.24) is 4.90 Å². The van der Waals surface area contributed by atoms with Gasteiger partial charge in [-0.25, -0.2) is 0 Å². The van der Waals surface area contributed by atoms with E-state index in [0.29, 0.717) is 33.5 Å². The van der Waals surface area contributed by atoms with Crippen LogP contribution in [-0.2, 0) is 14.4 Å². The second-order valence-electron chi connectivity index (χ2n) is 8.89. The van der Waals surface area contributed by atoms with Crippen LogP contribution in [0.2, 0.25) is 5.02 Å². The lowest BCUT2D eigenvalue weighted by atomic mass is 10.2. The van der Waals surface area contributed by atoms with Gasteiger partial charge in [-0.2, -0.15) is 0 Å². The van der Waals surface area contributed by atoms with Crippen molar-refractivity contribution in [3.05, 3.63) is 87.3 Å². The Bertz CT molecular complexity index is 1510. The van der Waals surface area contributed by atoms with Crippen LogP contribution in [0.25, 0.3) is 6.08 Å². The number of nitrogens with zero attached hydrogens (tertiary/aromatic N) is 1. The summed E-state index contributed by atoms with van der Waals surface area (Å²) in [7, 11) is 1.45. The van der Waals surface area contributed by atoms with E-state index in [1.54, 1.807) is 55.5 Å². The fourth-order valence-electron chi connectivity index (χ4n) is 3.72. The quantitative estimate of drug-likeness (QED) is 0.314. The Balaban J connectivity index is 1.38. The number of benzene rings is 3. The lowest BCUT2D eigenvalue weighted by Crippen LogP contribution is -2.36. The lowest BCUT2D eigenvalue weighted by molar-refractivity contribution is -0.127. The predicted molar refractivity (Wildman–Crippen MR) is 156 cm³/mol. The Morgan fingerprint density at radius 2 is 1.70 bits per heavy atom. The van der Waals surface area contributed by atoms with E-state index in [1.165, 1.54) is 13.2 Å². The zero-order chi connectivity index (χ0) is 28.8. The Morgan fingerprint density at radius 3 is 2.42 bits per heavy atom. The van der Waals surface area contributed by atoms with Crippen LogP contribution in [0, 0.1) is 13.8 Å². The fraction of sp³-hybridized carbons (Fsp3) is 0.172. The molecular formula is C29H26ClN3O6S. The number of anilines is 2. The molecule has 1 fully saturated rings. The molecule has 40 heavy (non-hydrogen) atoms. The first kappa shape index (κ1) is 28.7. The molecule has 4 amide bonds. The largest absolute Gasteiger partial charge is 0.493 e. The molecule has 1 aliphatic heterocycles.